The average molecular weight is 391 g/mol. The molecule has 0 N–H and O–H groups in total. The van der Waals surface area contributed by atoms with E-state index in [0.717, 1.165) is 6.26 Å². The van der Waals surface area contributed by atoms with Gasteiger partial charge in [-0.2, -0.15) is 0 Å². The molecule has 5 nitrogen and oxygen atoms in total. The largest absolute Gasteiger partial charge is 0.378 e. The fourth-order valence-electron chi connectivity index (χ4n) is 1.09. The number of halogens is 2. The molecule has 0 saturated carbocycles. The van der Waals surface area contributed by atoms with Crippen LogP contribution in [0.2, 0.25) is 5.15 Å². The van der Waals surface area contributed by atoms with Crippen molar-refractivity contribution in [3.8, 4) is 0 Å². The van der Waals surface area contributed by atoms with Crippen molar-refractivity contribution in [2.45, 2.75) is 18.8 Å². The topological polar surface area (TPSA) is 69.2 Å². The minimum Gasteiger partial charge on any atom is -0.378 e. The number of hydrogen-bond donors (Lipinski definition) is 0. The molecular weight excluding hydrogens is 379 g/mol. The predicted molar refractivity (Wildman–Crippen MR) is 73.7 cm³/mol. The molecule has 1 unspecified atom stereocenters. The summed E-state index contributed by atoms with van der Waals surface area (Å²) < 4.78 is 28.5. The summed E-state index contributed by atoms with van der Waals surface area (Å²) in [6.07, 6.45) is 1.14. The van der Waals surface area contributed by atoms with E-state index in [2.05, 4.69) is 9.97 Å². The Morgan fingerprint density at radius 3 is 2.53 bits per heavy atom. The van der Waals surface area contributed by atoms with Gasteiger partial charge in [-0.25, -0.2) is 18.4 Å². The molecule has 96 valence electrons. The zero-order chi connectivity index (χ0) is 13.2. The molecule has 0 radical (unpaired) electrons. The van der Waals surface area contributed by atoms with Gasteiger partial charge in [0.25, 0.3) is 0 Å². The summed E-state index contributed by atoms with van der Waals surface area (Å²) in [5, 5.41) is -0.536. The summed E-state index contributed by atoms with van der Waals surface area (Å²) in [4.78, 5) is 8.18. The Kier molecular flexibility index (Phi) is 5.11. The highest BCUT2D eigenvalue weighted by atomic mass is 127. The maximum absolute atomic E-state index is 11.4. The third-order valence-corrected chi connectivity index (χ3v) is 5.40. The number of nitrogens with zero attached hydrogens (tertiary/aromatic N) is 2. The molecule has 0 bridgehead atoms. The summed E-state index contributed by atoms with van der Waals surface area (Å²) in [7, 11) is -1.71. The Bertz CT molecular complexity index is 521. The third-order valence-electron chi connectivity index (χ3n) is 2.18. The second-order valence-electron chi connectivity index (χ2n) is 3.54. The van der Waals surface area contributed by atoms with Crippen molar-refractivity contribution in [1.29, 1.82) is 0 Å². The van der Waals surface area contributed by atoms with E-state index >= 15 is 0 Å². The summed E-state index contributed by atoms with van der Waals surface area (Å²) in [5.74, 6) is 0.199. The maximum Gasteiger partial charge on any atom is 0.157 e. The molecule has 17 heavy (non-hydrogen) atoms. The minimum absolute atomic E-state index is 0.199. The van der Waals surface area contributed by atoms with E-state index in [1.54, 1.807) is 0 Å². The fraction of sp³-hybridized carbons (Fsp3) is 0.556. The molecular formula is C9H12ClIN2O3S. The molecule has 0 saturated heterocycles. The highest BCUT2D eigenvalue weighted by Crippen LogP contribution is 2.24. The van der Waals surface area contributed by atoms with Crippen molar-refractivity contribution in [2.75, 3.05) is 13.4 Å². The lowest BCUT2D eigenvalue weighted by molar-refractivity contribution is 0.180. The van der Waals surface area contributed by atoms with E-state index in [-0.39, 0.29) is 17.6 Å². The van der Waals surface area contributed by atoms with E-state index in [9.17, 15) is 8.42 Å². The smallest absolute Gasteiger partial charge is 0.157 e. The highest BCUT2D eigenvalue weighted by molar-refractivity contribution is 14.1. The molecule has 0 aliphatic carbocycles. The van der Waals surface area contributed by atoms with Crippen molar-refractivity contribution < 1.29 is 13.2 Å². The van der Waals surface area contributed by atoms with Crippen LogP contribution in [0.15, 0.2) is 0 Å². The van der Waals surface area contributed by atoms with Crippen LogP contribution in [-0.2, 0) is 21.2 Å². The van der Waals surface area contributed by atoms with E-state index in [1.165, 1.54) is 14.0 Å². The number of aromatic nitrogens is 2. The van der Waals surface area contributed by atoms with Gasteiger partial charge in [0.15, 0.2) is 9.84 Å². The monoisotopic (exact) mass is 390 g/mol. The van der Waals surface area contributed by atoms with Crippen LogP contribution in [0.25, 0.3) is 0 Å². The van der Waals surface area contributed by atoms with Crippen LogP contribution in [0.5, 0.6) is 0 Å². The first kappa shape index (κ1) is 15.1. The Labute approximate surface area is 119 Å². The number of hydrogen-bond acceptors (Lipinski definition) is 5. The number of sulfone groups is 1. The van der Waals surface area contributed by atoms with E-state index in [4.69, 9.17) is 16.3 Å². The van der Waals surface area contributed by atoms with Crippen LogP contribution < -0.4 is 0 Å². The van der Waals surface area contributed by atoms with Crippen molar-refractivity contribution in [1.82, 2.24) is 9.97 Å². The van der Waals surface area contributed by atoms with Gasteiger partial charge in [0.05, 0.1) is 15.9 Å². The third kappa shape index (κ3) is 3.73. The van der Waals surface area contributed by atoms with Gasteiger partial charge in [0.1, 0.15) is 16.2 Å². The number of ether oxygens (including phenoxy) is 1. The Balaban J connectivity index is 3.28. The van der Waals surface area contributed by atoms with Gasteiger partial charge in [-0.05, 0) is 29.5 Å². The minimum atomic E-state index is -3.24. The van der Waals surface area contributed by atoms with Crippen LogP contribution in [0, 0.1) is 3.57 Å². The Morgan fingerprint density at radius 2 is 2.06 bits per heavy atom. The van der Waals surface area contributed by atoms with Gasteiger partial charge in [-0.1, -0.05) is 11.6 Å². The van der Waals surface area contributed by atoms with Gasteiger partial charge in [0, 0.05) is 13.4 Å². The number of methoxy groups -OCH3 is 1. The van der Waals surface area contributed by atoms with Crippen molar-refractivity contribution in [2.24, 2.45) is 0 Å². The van der Waals surface area contributed by atoms with Gasteiger partial charge in [-0.15, -0.1) is 0 Å². The van der Waals surface area contributed by atoms with Crippen molar-refractivity contribution >= 4 is 44.0 Å². The SMILES string of the molecule is COCc1nc(C(C)S(C)(=O)=O)nc(Cl)c1I. The molecule has 1 rings (SSSR count). The van der Waals surface area contributed by atoms with Crippen molar-refractivity contribution in [3.05, 3.63) is 20.2 Å². The Morgan fingerprint density at radius 1 is 1.47 bits per heavy atom. The molecule has 0 fully saturated rings. The normalized spacial score (nSPS) is 13.7. The predicted octanol–water partition coefficient (Wildman–Crippen LogP) is 1.99. The Hall–Kier alpha value is 0.01000. The fourth-order valence-corrected chi connectivity index (χ4v) is 2.17. The second kappa shape index (κ2) is 5.77. The zero-order valence-electron chi connectivity index (χ0n) is 9.57. The van der Waals surface area contributed by atoms with Crippen molar-refractivity contribution in [3.63, 3.8) is 0 Å². The molecule has 0 spiro atoms. The molecule has 1 atom stereocenters. The molecule has 0 aromatic carbocycles. The van der Waals surface area contributed by atoms with Gasteiger partial charge >= 0.3 is 0 Å². The molecule has 0 aliphatic heterocycles. The number of rotatable bonds is 4. The standard InChI is InChI=1S/C9H12ClIN2O3S/c1-5(17(3,14)15)9-12-6(4-16-2)7(11)8(10)13-9/h5H,4H2,1-3H3. The summed E-state index contributed by atoms with van der Waals surface area (Å²) in [6, 6.07) is 0. The second-order valence-corrected chi connectivity index (χ2v) is 7.34. The first-order valence-electron chi connectivity index (χ1n) is 4.67. The molecule has 1 aromatic rings. The molecule has 0 aliphatic rings. The lowest BCUT2D eigenvalue weighted by Gasteiger charge is -2.11. The van der Waals surface area contributed by atoms with Gasteiger partial charge < -0.3 is 4.74 Å². The van der Waals surface area contributed by atoms with Crippen LogP contribution in [0.3, 0.4) is 0 Å². The van der Waals surface area contributed by atoms with Crippen LogP contribution in [0.4, 0.5) is 0 Å². The lowest BCUT2D eigenvalue weighted by Crippen LogP contribution is -2.14. The lowest BCUT2D eigenvalue weighted by atomic mass is 10.4. The van der Waals surface area contributed by atoms with Gasteiger partial charge in [0.2, 0.25) is 0 Å². The first-order chi connectivity index (χ1) is 7.77. The zero-order valence-corrected chi connectivity index (χ0v) is 13.3. The summed E-state index contributed by atoms with van der Waals surface area (Å²) in [5.41, 5.74) is 0.596. The van der Waals surface area contributed by atoms with Crippen LogP contribution in [-0.4, -0.2) is 31.8 Å². The van der Waals surface area contributed by atoms with E-state index < -0.39 is 15.1 Å². The van der Waals surface area contributed by atoms with E-state index in [1.807, 2.05) is 22.6 Å². The van der Waals surface area contributed by atoms with Crippen LogP contribution >= 0.6 is 34.2 Å². The van der Waals surface area contributed by atoms with Gasteiger partial charge in [-0.3, -0.25) is 0 Å². The molecule has 8 heteroatoms. The highest BCUT2D eigenvalue weighted by Gasteiger charge is 2.22. The quantitative estimate of drug-likeness (QED) is 0.581. The summed E-state index contributed by atoms with van der Waals surface area (Å²) in [6.45, 7) is 1.80. The average Bonchev–Trinajstić information content (AvgIpc) is 2.22. The maximum atomic E-state index is 11.4. The molecule has 0 amide bonds. The molecule has 1 aromatic heterocycles. The van der Waals surface area contributed by atoms with Crippen LogP contribution in [0.1, 0.15) is 23.7 Å². The summed E-state index contributed by atoms with van der Waals surface area (Å²) >= 11 is 7.94. The van der Waals surface area contributed by atoms with E-state index in [0.29, 0.717) is 9.26 Å². The first-order valence-corrected chi connectivity index (χ1v) is 8.08. The molecule has 1 heterocycles.